The minimum Gasteiger partial charge on any atom is -0.467 e. The standard InChI is InChI=1S/C27H24N2O4/c30-26(22-10-2-1-3-11-22)29-25-14-5-4-13-24(25)27(31)28-17-20-8-6-9-21(16-20)18-32-19-23-12-7-15-33-23/h1-16H,17-19H2,(H,28,31)(H,29,30). The van der Waals surface area contributed by atoms with Gasteiger partial charge in [0.2, 0.25) is 0 Å². The highest BCUT2D eigenvalue weighted by molar-refractivity contribution is 6.08. The van der Waals surface area contributed by atoms with Gasteiger partial charge < -0.3 is 19.8 Å². The van der Waals surface area contributed by atoms with Gasteiger partial charge in [0.1, 0.15) is 12.4 Å². The first-order chi connectivity index (χ1) is 16.2. The molecule has 0 saturated heterocycles. The lowest BCUT2D eigenvalue weighted by molar-refractivity contribution is 0.0928. The normalized spacial score (nSPS) is 10.5. The fourth-order valence-corrected chi connectivity index (χ4v) is 3.35. The maximum absolute atomic E-state index is 12.8. The summed E-state index contributed by atoms with van der Waals surface area (Å²) in [5.41, 5.74) is 3.35. The molecule has 0 atom stereocenters. The van der Waals surface area contributed by atoms with E-state index in [0.29, 0.717) is 36.6 Å². The van der Waals surface area contributed by atoms with Crippen molar-refractivity contribution in [3.05, 3.63) is 125 Å². The Morgan fingerprint density at radius 3 is 2.36 bits per heavy atom. The fraction of sp³-hybridized carbons (Fsp3) is 0.111. The fourth-order valence-electron chi connectivity index (χ4n) is 3.35. The van der Waals surface area contributed by atoms with Crippen LogP contribution in [0, 0.1) is 0 Å². The zero-order valence-electron chi connectivity index (χ0n) is 18.0. The third kappa shape index (κ3) is 6.18. The van der Waals surface area contributed by atoms with Gasteiger partial charge in [0.05, 0.1) is 24.1 Å². The molecule has 0 saturated carbocycles. The molecule has 4 aromatic rings. The van der Waals surface area contributed by atoms with Crippen LogP contribution in [-0.4, -0.2) is 11.8 Å². The highest BCUT2D eigenvalue weighted by Crippen LogP contribution is 2.17. The van der Waals surface area contributed by atoms with E-state index in [0.717, 1.165) is 16.9 Å². The van der Waals surface area contributed by atoms with Gasteiger partial charge in [0, 0.05) is 12.1 Å². The number of carbonyl (C=O) groups excluding carboxylic acids is 2. The van der Waals surface area contributed by atoms with Crippen molar-refractivity contribution in [3.8, 4) is 0 Å². The topological polar surface area (TPSA) is 80.6 Å². The smallest absolute Gasteiger partial charge is 0.255 e. The molecule has 4 rings (SSSR count). The summed E-state index contributed by atoms with van der Waals surface area (Å²) in [6, 6.07) is 27.4. The Bertz CT molecular complexity index is 1200. The zero-order valence-corrected chi connectivity index (χ0v) is 18.0. The summed E-state index contributed by atoms with van der Waals surface area (Å²) in [4.78, 5) is 25.4. The highest BCUT2D eigenvalue weighted by Gasteiger charge is 2.14. The van der Waals surface area contributed by atoms with Crippen molar-refractivity contribution in [3.63, 3.8) is 0 Å². The van der Waals surface area contributed by atoms with Gasteiger partial charge in [-0.15, -0.1) is 0 Å². The SMILES string of the molecule is O=C(Nc1ccccc1C(=O)NCc1cccc(COCc2ccco2)c1)c1ccccc1. The highest BCUT2D eigenvalue weighted by atomic mass is 16.5. The Hall–Kier alpha value is -4.16. The summed E-state index contributed by atoms with van der Waals surface area (Å²) in [6.45, 7) is 1.20. The van der Waals surface area contributed by atoms with Crippen molar-refractivity contribution < 1.29 is 18.7 Å². The molecule has 0 unspecified atom stereocenters. The number of hydrogen-bond donors (Lipinski definition) is 2. The Balaban J connectivity index is 1.35. The molecule has 0 spiro atoms. The van der Waals surface area contributed by atoms with Crippen LogP contribution in [0.5, 0.6) is 0 Å². The maximum atomic E-state index is 12.8. The number of furan rings is 1. The molecule has 0 bridgehead atoms. The van der Waals surface area contributed by atoms with Gasteiger partial charge in [-0.05, 0) is 47.5 Å². The molecule has 3 aromatic carbocycles. The molecular formula is C27H24N2O4. The van der Waals surface area contributed by atoms with Crippen molar-refractivity contribution in [1.29, 1.82) is 0 Å². The quantitative estimate of drug-likeness (QED) is 0.376. The molecular weight excluding hydrogens is 416 g/mol. The van der Waals surface area contributed by atoms with Crippen LogP contribution in [0.3, 0.4) is 0 Å². The van der Waals surface area contributed by atoms with Crippen molar-refractivity contribution in [2.24, 2.45) is 0 Å². The molecule has 166 valence electrons. The number of rotatable bonds is 9. The molecule has 0 aliphatic heterocycles. The minimum atomic E-state index is -0.266. The van der Waals surface area contributed by atoms with E-state index in [1.807, 2.05) is 42.5 Å². The van der Waals surface area contributed by atoms with Gasteiger partial charge >= 0.3 is 0 Å². The average Bonchev–Trinajstić information content (AvgIpc) is 3.37. The third-order valence-corrected chi connectivity index (χ3v) is 4.99. The van der Waals surface area contributed by atoms with Gasteiger partial charge in [-0.1, -0.05) is 54.6 Å². The van der Waals surface area contributed by atoms with Crippen LogP contribution in [0.2, 0.25) is 0 Å². The minimum absolute atomic E-state index is 0.265. The van der Waals surface area contributed by atoms with E-state index in [2.05, 4.69) is 10.6 Å². The van der Waals surface area contributed by atoms with E-state index >= 15 is 0 Å². The lowest BCUT2D eigenvalue weighted by Crippen LogP contribution is -2.25. The third-order valence-electron chi connectivity index (χ3n) is 4.99. The number of nitrogens with one attached hydrogen (secondary N) is 2. The van der Waals surface area contributed by atoms with Crippen LogP contribution in [-0.2, 0) is 24.5 Å². The first-order valence-electron chi connectivity index (χ1n) is 10.6. The van der Waals surface area contributed by atoms with Crippen LogP contribution in [0.1, 0.15) is 37.6 Å². The lowest BCUT2D eigenvalue weighted by atomic mass is 10.1. The molecule has 2 N–H and O–H groups in total. The van der Waals surface area contributed by atoms with Crippen molar-refractivity contribution in [2.45, 2.75) is 19.8 Å². The van der Waals surface area contributed by atoms with Crippen LogP contribution < -0.4 is 10.6 Å². The van der Waals surface area contributed by atoms with Gasteiger partial charge in [-0.3, -0.25) is 9.59 Å². The Labute approximate surface area is 192 Å². The van der Waals surface area contributed by atoms with E-state index < -0.39 is 0 Å². The second kappa shape index (κ2) is 10.9. The Morgan fingerprint density at radius 2 is 1.55 bits per heavy atom. The largest absolute Gasteiger partial charge is 0.467 e. The molecule has 33 heavy (non-hydrogen) atoms. The van der Waals surface area contributed by atoms with E-state index in [-0.39, 0.29) is 11.8 Å². The second-order valence-corrected chi connectivity index (χ2v) is 7.44. The van der Waals surface area contributed by atoms with Crippen LogP contribution in [0.15, 0.2) is 102 Å². The number of para-hydroxylation sites is 1. The summed E-state index contributed by atoms with van der Waals surface area (Å²) < 4.78 is 10.9. The monoisotopic (exact) mass is 440 g/mol. The number of ether oxygens (including phenoxy) is 1. The number of benzene rings is 3. The molecule has 0 aliphatic carbocycles. The molecule has 2 amide bonds. The number of amides is 2. The Kier molecular flexibility index (Phi) is 7.30. The molecule has 0 fully saturated rings. The second-order valence-electron chi connectivity index (χ2n) is 7.44. The van der Waals surface area contributed by atoms with Gasteiger partial charge in [0.25, 0.3) is 11.8 Å². The lowest BCUT2D eigenvalue weighted by Gasteiger charge is -2.12. The van der Waals surface area contributed by atoms with Crippen LogP contribution >= 0.6 is 0 Å². The maximum Gasteiger partial charge on any atom is 0.255 e. The molecule has 1 aromatic heterocycles. The van der Waals surface area contributed by atoms with Crippen LogP contribution in [0.4, 0.5) is 5.69 Å². The van der Waals surface area contributed by atoms with Crippen molar-refractivity contribution in [1.82, 2.24) is 5.32 Å². The van der Waals surface area contributed by atoms with Crippen LogP contribution in [0.25, 0.3) is 0 Å². The van der Waals surface area contributed by atoms with Gasteiger partial charge in [-0.2, -0.15) is 0 Å². The van der Waals surface area contributed by atoms with Crippen molar-refractivity contribution >= 4 is 17.5 Å². The summed E-state index contributed by atoms with van der Waals surface area (Å²) in [5, 5.41) is 5.75. The molecule has 0 aliphatic rings. The molecule has 0 radical (unpaired) electrons. The first kappa shape index (κ1) is 22.0. The first-order valence-corrected chi connectivity index (χ1v) is 10.6. The summed E-state index contributed by atoms with van der Waals surface area (Å²) in [7, 11) is 0. The average molecular weight is 440 g/mol. The predicted molar refractivity (Wildman–Crippen MR) is 126 cm³/mol. The number of carbonyl (C=O) groups is 2. The Morgan fingerprint density at radius 1 is 0.758 bits per heavy atom. The number of hydrogen-bond acceptors (Lipinski definition) is 4. The molecule has 1 heterocycles. The number of anilines is 1. The zero-order chi connectivity index (χ0) is 22.9. The van der Waals surface area contributed by atoms with Gasteiger partial charge in [0.15, 0.2) is 0 Å². The summed E-state index contributed by atoms with van der Waals surface area (Å²) in [6.07, 6.45) is 1.62. The van der Waals surface area contributed by atoms with E-state index in [1.165, 1.54) is 0 Å². The van der Waals surface area contributed by atoms with Gasteiger partial charge in [-0.25, -0.2) is 0 Å². The predicted octanol–water partition coefficient (Wildman–Crippen LogP) is 5.18. The van der Waals surface area contributed by atoms with Crippen molar-refractivity contribution in [2.75, 3.05) is 5.32 Å². The van der Waals surface area contributed by atoms with E-state index in [4.69, 9.17) is 9.15 Å². The summed E-state index contributed by atoms with van der Waals surface area (Å²) >= 11 is 0. The summed E-state index contributed by atoms with van der Waals surface area (Å²) in [5.74, 6) is 0.243. The van der Waals surface area contributed by atoms with E-state index in [1.54, 1.807) is 54.8 Å². The molecule has 6 heteroatoms. The molecule has 6 nitrogen and oxygen atoms in total. The van der Waals surface area contributed by atoms with E-state index in [9.17, 15) is 9.59 Å².